The van der Waals surface area contributed by atoms with Crippen LogP contribution in [0.4, 0.5) is 0 Å². The fourth-order valence-electron chi connectivity index (χ4n) is 2.10. The average Bonchev–Trinajstić information content (AvgIpc) is 2.70. The number of likely N-dealkylation sites (tertiary alicyclic amines) is 1. The molecule has 1 aliphatic heterocycles. The van der Waals surface area contributed by atoms with Crippen LogP contribution in [0, 0.1) is 6.92 Å². The van der Waals surface area contributed by atoms with Gasteiger partial charge in [-0.1, -0.05) is 17.7 Å². The molecule has 0 saturated carbocycles. The van der Waals surface area contributed by atoms with Crippen LogP contribution >= 0.6 is 11.6 Å². The Morgan fingerprint density at radius 3 is 3.00 bits per heavy atom. The molecule has 0 aromatic carbocycles. The number of halogens is 1. The van der Waals surface area contributed by atoms with E-state index in [4.69, 9.17) is 16.3 Å². The molecular formula is C12H17ClN2O. The van der Waals surface area contributed by atoms with Gasteiger partial charge >= 0.3 is 0 Å². The molecule has 0 N–H and O–H groups in total. The Balaban J connectivity index is 1.99. The molecule has 1 aromatic rings. The van der Waals surface area contributed by atoms with Gasteiger partial charge in [-0.25, -0.2) is 4.98 Å². The first-order valence-corrected chi connectivity index (χ1v) is 5.94. The van der Waals surface area contributed by atoms with E-state index in [9.17, 15) is 0 Å². The zero-order valence-corrected chi connectivity index (χ0v) is 10.5. The Morgan fingerprint density at radius 1 is 1.56 bits per heavy atom. The minimum atomic E-state index is 0.389. The van der Waals surface area contributed by atoms with Crippen LogP contribution in [0.3, 0.4) is 0 Å². The third-order valence-electron chi connectivity index (χ3n) is 3.12. The van der Waals surface area contributed by atoms with E-state index in [1.165, 1.54) is 5.56 Å². The second-order valence-corrected chi connectivity index (χ2v) is 4.65. The second-order valence-electron chi connectivity index (χ2n) is 4.26. The lowest BCUT2D eigenvalue weighted by atomic mass is 10.2. The van der Waals surface area contributed by atoms with Gasteiger partial charge in [-0.2, -0.15) is 0 Å². The summed E-state index contributed by atoms with van der Waals surface area (Å²) >= 11 is 5.83. The number of hydrogen-bond acceptors (Lipinski definition) is 3. The summed E-state index contributed by atoms with van der Waals surface area (Å²) in [7, 11) is 1.78. The second kappa shape index (κ2) is 5.13. The third-order valence-corrected chi connectivity index (χ3v) is 3.33. The van der Waals surface area contributed by atoms with E-state index in [1.807, 2.05) is 13.0 Å². The maximum Gasteiger partial charge on any atom is 0.129 e. The van der Waals surface area contributed by atoms with Crippen LogP contribution in [0.2, 0.25) is 5.15 Å². The van der Waals surface area contributed by atoms with Gasteiger partial charge in [0.05, 0.1) is 6.10 Å². The number of rotatable bonds is 3. The zero-order chi connectivity index (χ0) is 11.5. The maximum atomic E-state index is 5.83. The van der Waals surface area contributed by atoms with Crippen molar-refractivity contribution in [1.29, 1.82) is 0 Å². The zero-order valence-electron chi connectivity index (χ0n) is 9.74. The van der Waals surface area contributed by atoms with Gasteiger partial charge in [0.25, 0.3) is 0 Å². The van der Waals surface area contributed by atoms with Crippen molar-refractivity contribution < 1.29 is 4.74 Å². The van der Waals surface area contributed by atoms with Gasteiger partial charge < -0.3 is 4.74 Å². The van der Waals surface area contributed by atoms with E-state index in [1.54, 1.807) is 7.11 Å². The maximum absolute atomic E-state index is 5.83. The lowest BCUT2D eigenvalue weighted by Gasteiger charge is -2.16. The SMILES string of the molecule is COC1CCN(Cc2ccc(Cl)nc2C)C1. The first kappa shape index (κ1) is 11.8. The number of pyridine rings is 1. The Labute approximate surface area is 101 Å². The molecule has 0 aliphatic carbocycles. The highest BCUT2D eigenvalue weighted by Gasteiger charge is 2.22. The molecule has 0 amide bonds. The number of aryl methyl sites for hydroxylation is 1. The van der Waals surface area contributed by atoms with Crippen LogP contribution in [0.5, 0.6) is 0 Å². The molecule has 16 heavy (non-hydrogen) atoms. The number of hydrogen-bond donors (Lipinski definition) is 0. The monoisotopic (exact) mass is 240 g/mol. The third kappa shape index (κ3) is 2.73. The Bertz CT molecular complexity index is 370. The van der Waals surface area contributed by atoms with E-state index in [2.05, 4.69) is 16.0 Å². The molecule has 1 aromatic heterocycles. The fraction of sp³-hybridized carbons (Fsp3) is 0.583. The van der Waals surface area contributed by atoms with Crippen LogP contribution in [0.25, 0.3) is 0 Å². The molecule has 2 heterocycles. The van der Waals surface area contributed by atoms with Crippen molar-refractivity contribution >= 4 is 11.6 Å². The van der Waals surface area contributed by atoms with Crippen molar-refractivity contribution in [2.24, 2.45) is 0 Å². The predicted molar refractivity (Wildman–Crippen MR) is 64.7 cm³/mol. The Morgan fingerprint density at radius 2 is 2.38 bits per heavy atom. The Hall–Kier alpha value is -0.640. The summed E-state index contributed by atoms with van der Waals surface area (Å²) in [6.45, 7) is 5.06. The summed E-state index contributed by atoms with van der Waals surface area (Å²) in [5.41, 5.74) is 2.27. The predicted octanol–water partition coefficient (Wildman–Crippen LogP) is 2.26. The van der Waals surface area contributed by atoms with Gasteiger partial charge in [-0.15, -0.1) is 0 Å². The van der Waals surface area contributed by atoms with E-state index < -0.39 is 0 Å². The van der Waals surface area contributed by atoms with Crippen molar-refractivity contribution in [3.8, 4) is 0 Å². The van der Waals surface area contributed by atoms with Crippen molar-refractivity contribution in [3.63, 3.8) is 0 Å². The van der Waals surface area contributed by atoms with Crippen LogP contribution < -0.4 is 0 Å². The average molecular weight is 241 g/mol. The number of nitrogens with zero attached hydrogens (tertiary/aromatic N) is 2. The molecule has 2 rings (SSSR count). The lowest BCUT2D eigenvalue weighted by Crippen LogP contribution is -2.22. The molecular weight excluding hydrogens is 224 g/mol. The van der Waals surface area contributed by atoms with E-state index in [0.29, 0.717) is 11.3 Å². The summed E-state index contributed by atoms with van der Waals surface area (Å²) < 4.78 is 5.35. The summed E-state index contributed by atoms with van der Waals surface area (Å²) in [4.78, 5) is 6.66. The van der Waals surface area contributed by atoms with Gasteiger partial charge in [-0.3, -0.25) is 4.90 Å². The first-order valence-electron chi connectivity index (χ1n) is 5.56. The minimum Gasteiger partial charge on any atom is -0.380 e. The smallest absolute Gasteiger partial charge is 0.129 e. The van der Waals surface area contributed by atoms with Crippen molar-refractivity contribution in [2.75, 3.05) is 20.2 Å². The normalized spacial score (nSPS) is 21.6. The van der Waals surface area contributed by atoms with Crippen molar-refractivity contribution in [2.45, 2.75) is 26.0 Å². The van der Waals surface area contributed by atoms with Gasteiger partial charge in [0.1, 0.15) is 5.15 Å². The highest BCUT2D eigenvalue weighted by molar-refractivity contribution is 6.29. The van der Waals surface area contributed by atoms with Crippen molar-refractivity contribution in [3.05, 3.63) is 28.5 Å². The van der Waals surface area contributed by atoms with Gasteiger partial charge in [0.15, 0.2) is 0 Å². The number of aromatic nitrogens is 1. The van der Waals surface area contributed by atoms with Gasteiger partial charge in [0.2, 0.25) is 0 Å². The molecule has 1 fully saturated rings. The van der Waals surface area contributed by atoms with Crippen LogP contribution in [-0.4, -0.2) is 36.2 Å². The summed E-state index contributed by atoms with van der Waals surface area (Å²) in [5, 5.41) is 0.567. The molecule has 88 valence electrons. The van der Waals surface area contributed by atoms with Crippen molar-refractivity contribution in [1.82, 2.24) is 9.88 Å². The fourth-order valence-corrected chi connectivity index (χ4v) is 2.29. The summed E-state index contributed by atoms with van der Waals surface area (Å²) in [6.07, 6.45) is 1.51. The molecule has 0 bridgehead atoms. The molecule has 0 radical (unpaired) electrons. The highest BCUT2D eigenvalue weighted by Crippen LogP contribution is 2.17. The van der Waals surface area contributed by atoms with Crippen LogP contribution in [0.1, 0.15) is 17.7 Å². The van der Waals surface area contributed by atoms with E-state index >= 15 is 0 Å². The quantitative estimate of drug-likeness (QED) is 0.758. The number of ether oxygens (including phenoxy) is 1. The van der Waals surface area contributed by atoms with Gasteiger partial charge in [-0.05, 0) is 25.0 Å². The minimum absolute atomic E-state index is 0.389. The number of methoxy groups -OCH3 is 1. The van der Waals surface area contributed by atoms with Crippen LogP contribution in [0.15, 0.2) is 12.1 Å². The highest BCUT2D eigenvalue weighted by atomic mass is 35.5. The van der Waals surface area contributed by atoms with E-state index in [-0.39, 0.29) is 0 Å². The standard InChI is InChI=1S/C12H17ClN2O/c1-9-10(3-4-12(13)14-9)7-15-6-5-11(8-15)16-2/h3-4,11H,5-8H2,1-2H3. The summed E-state index contributed by atoms with van der Waals surface area (Å²) in [5.74, 6) is 0. The lowest BCUT2D eigenvalue weighted by molar-refractivity contribution is 0.107. The molecule has 0 spiro atoms. The largest absolute Gasteiger partial charge is 0.380 e. The topological polar surface area (TPSA) is 25.4 Å². The van der Waals surface area contributed by atoms with Gasteiger partial charge in [0, 0.05) is 32.4 Å². The first-order chi connectivity index (χ1) is 7.69. The molecule has 1 aliphatic rings. The summed E-state index contributed by atoms with van der Waals surface area (Å²) in [6, 6.07) is 3.92. The van der Waals surface area contributed by atoms with Crippen LogP contribution in [-0.2, 0) is 11.3 Å². The Kier molecular flexibility index (Phi) is 3.79. The van der Waals surface area contributed by atoms with E-state index in [0.717, 1.165) is 31.7 Å². The molecule has 3 nitrogen and oxygen atoms in total. The molecule has 1 unspecified atom stereocenters. The molecule has 1 saturated heterocycles. The molecule has 1 atom stereocenters. The molecule has 4 heteroatoms.